The molecular weight excluding hydrogens is 254 g/mol. The van der Waals surface area contributed by atoms with Gasteiger partial charge in [-0.3, -0.25) is 9.48 Å². The first-order valence-corrected chi connectivity index (χ1v) is 7.76. The minimum absolute atomic E-state index is 0.134. The fourth-order valence-corrected chi connectivity index (χ4v) is 3.27. The van der Waals surface area contributed by atoms with Crippen molar-refractivity contribution in [3.63, 3.8) is 0 Å². The number of hydrogen-bond donors (Lipinski definition) is 0. The number of carbonyl (C=O) groups excluding carboxylic acids is 1. The van der Waals surface area contributed by atoms with E-state index in [1.54, 1.807) is 4.68 Å². The van der Waals surface area contributed by atoms with Gasteiger partial charge in [0.25, 0.3) is 0 Å². The SMILES string of the molecule is CCOC(=O)C1(c2nc(C3CCCCC3)nn2C)CC1. The van der Waals surface area contributed by atoms with E-state index < -0.39 is 5.41 Å². The average molecular weight is 277 g/mol. The molecule has 0 radical (unpaired) electrons. The Morgan fingerprint density at radius 1 is 1.35 bits per heavy atom. The summed E-state index contributed by atoms with van der Waals surface area (Å²) in [6.45, 7) is 2.27. The normalized spacial score (nSPS) is 21.7. The first kappa shape index (κ1) is 13.6. The average Bonchev–Trinajstić information content (AvgIpc) is 3.18. The van der Waals surface area contributed by atoms with Crippen LogP contribution in [0.3, 0.4) is 0 Å². The van der Waals surface area contributed by atoms with Crippen LogP contribution in [0.1, 0.15) is 69.4 Å². The molecule has 0 N–H and O–H groups in total. The number of esters is 1. The van der Waals surface area contributed by atoms with Gasteiger partial charge >= 0.3 is 5.97 Å². The second-order valence-electron chi connectivity index (χ2n) is 6.05. The van der Waals surface area contributed by atoms with E-state index in [2.05, 4.69) is 5.10 Å². The van der Waals surface area contributed by atoms with Gasteiger partial charge in [-0.25, -0.2) is 4.98 Å². The van der Waals surface area contributed by atoms with E-state index in [0.29, 0.717) is 12.5 Å². The van der Waals surface area contributed by atoms with E-state index in [1.165, 1.54) is 32.1 Å². The maximum atomic E-state index is 12.2. The van der Waals surface area contributed by atoms with Crippen LogP contribution in [0.25, 0.3) is 0 Å². The molecule has 2 aliphatic carbocycles. The maximum absolute atomic E-state index is 12.2. The number of ether oxygens (including phenoxy) is 1. The highest BCUT2D eigenvalue weighted by atomic mass is 16.5. The molecule has 2 fully saturated rings. The lowest BCUT2D eigenvalue weighted by Crippen LogP contribution is -2.26. The third kappa shape index (κ3) is 2.23. The summed E-state index contributed by atoms with van der Waals surface area (Å²) in [5.41, 5.74) is -0.509. The molecule has 2 aliphatic rings. The Balaban J connectivity index is 1.84. The van der Waals surface area contributed by atoms with Crippen molar-refractivity contribution in [1.82, 2.24) is 14.8 Å². The Hall–Kier alpha value is -1.39. The lowest BCUT2D eigenvalue weighted by atomic mass is 9.89. The first-order valence-electron chi connectivity index (χ1n) is 7.76. The summed E-state index contributed by atoms with van der Waals surface area (Å²) in [5.74, 6) is 2.07. The highest BCUT2D eigenvalue weighted by Gasteiger charge is 2.56. The molecule has 1 aromatic heterocycles. The standard InChI is InChI=1S/C15H23N3O2/c1-3-20-14(19)15(9-10-15)13-16-12(17-18(13)2)11-7-5-4-6-8-11/h11H,3-10H2,1-2H3. The zero-order chi connectivity index (χ0) is 14.2. The molecule has 5 heteroatoms. The highest BCUT2D eigenvalue weighted by molar-refractivity contribution is 5.85. The van der Waals surface area contributed by atoms with Gasteiger partial charge in [-0.2, -0.15) is 5.10 Å². The quantitative estimate of drug-likeness (QED) is 0.793. The van der Waals surface area contributed by atoms with Crippen LogP contribution in [0, 0.1) is 0 Å². The number of carbonyl (C=O) groups is 1. The number of hydrogen-bond acceptors (Lipinski definition) is 4. The summed E-state index contributed by atoms with van der Waals surface area (Å²) in [7, 11) is 1.90. The molecular formula is C15H23N3O2. The van der Waals surface area contributed by atoms with E-state index in [1.807, 2.05) is 14.0 Å². The minimum atomic E-state index is -0.509. The Kier molecular flexibility index (Phi) is 3.52. The number of nitrogens with zero attached hydrogens (tertiary/aromatic N) is 3. The number of aromatic nitrogens is 3. The molecule has 20 heavy (non-hydrogen) atoms. The van der Waals surface area contributed by atoms with Crippen molar-refractivity contribution in [3.05, 3.63) is 11.6 Å². The van der Waals surface area contributed by atoms with Gasteiger partial charge in [-0.1, -0.05) is 19.3 Å². The molecule has 0 spiro atoms. The van der Waals surface area contributed by atoms with E-state index >= 15 is 0 Å². The minimum Gasteiger partial charge on any atom is -0.465 e. The molecule has 5 nitrogen and oxygen atoms in total. The molecule has 2 saturated carbocycles. The van der Waals surface area contributed by atoms with Crippen molar-refractivity contribution >= 4 is 5.97 Å². The fraction of sp³-hybridized carbons (Fsp3) is 0.800. The second-order valence-corrected chi connectivity index (χ2v) is 6.05. The van der Waals surface area contributed by atoms with Crippen LogP contribution in [0.2, 0.25) is 0 Å². The highest BCUT2D eigenvalue weighted by Crippen LogP contribution is 2.48. The molecule has 0 unspecified atom stereocenters. The van der Waals surface area contributed by atoms with E-state index in [4.69, 9.17) is 9.72 Å². The van der Waals surface area contributed by atoms with Gasteiger partial charge in [0, 0.05) is 13.0 Å². The smallest absolute Gasteiger partial charge is 0.319 e. The van der Waals surface area contributed by atoms with Gasteiger partial charge in [0.2, 0.25) is 0 Å². The summed E-state index contributed by atoms with van der Waals surface area (Å²) in [4.78, 5) is 16.9. The number of rotatable bonds is 4. The van der Waals surface area contributed by atoms with Crippen molar-refractivity contribution in [2.75, 3.05) is 6.61 Å². The van der Waals surface area contributed by atoms with Crippen molar-refractivity contribution in [1.29, 1.82) is 0 Å². The molecule has 0 saturated heterocycles. The maximum Gasteiger partial charge on any atom is 0.319 e. The Labute approximate surface area is 119 Å². The molecule has 1 heterocycles. The van der Waals surface area contributed by atoms with Crippen LogP contribution in [-0.2, 0) is 22.0 Å². The molecule has 3 rings (SSSR count). The van der Waals surface area contributed by atoms with Crippen LogP contribution >= 0.6 is 0 Å². The van der Waals surface area contributed by atoms with E-state index in [0.717, 1.165) is 24.5 Å². The second kappa shape index (κ2) is 5.19. The lowest BCUT2D eigenvalue weighted by Gasteiger charge is -2.18. The van der Waals surface area contributed by atoms with Crippen LogP contribution in [0.5, 0.6) is 0 Å². The molecule has 110 valence electrons. The van der Waals surface area contributed by atoms with Gasteiger partial charge in [0.1, 0.15) is 11.2 Å². The summed E-state index contributed by atoms with van der Waals surface area (Å²) in [6, 6.07) is 0. The fourth-order valence-electron chi connectivity index (χ4n) is 3.27. The summed E-state index contributed by atoms with van der Waals surface area (Å²) >= 11 is 0. The van der Waals surface area contributed by atoms with Crippen LogP contribution in [0.4, 0.5) is 0 Å². The predicted molar refractivity (Wildman–Crippen MR) is 74.4 cm³/mol. The van der Waals surface area contributed by atoms with Crippen molar-refractivity contribution < 1.29 is 9.53 Å². The molecule has 0 amide bonds. The zero-order valence-electron chi connectivity index (χ0n) is 12.4. The van der Waals surface area contributed by atoms with Gasteiger partial charge in [-0.05, 0) is 32.6 Å². The van der Waals surface area contributed by atoms with Gasteiger partial charge in [-0.15, -0.1) is 0 Å². The summed E-state index contributed by atoms with van der Waals surface area (Å²) in [5, 5.41) is 4.58. The van der Waals surface area contributed by atoms with E-state index in [9.17, 15) is 4.79 Å². The first-order chi connectivity index (χ1) is 9.67. The van der Waals surface area contributed by atoms with Gasteiger partial charge in [0.15, 0.2) is 5.82 Å². The van der Waals surface area contributed by atoms with Crippen molar-refractivity contribution in [3.8, 4) is 0 Å². The third-order valence-corrected chi connectivity index (χ3v) is 4.59. The molecule has 0 aliphatic heterocycles. The van der Waals surface area contributed by atoms with Crippen molar-refractivity contribution in [2.24, 2.45) is 7.05 Å². The largest absolute Gasteiger partial charge is 0.465 e. The Morgan fingerprint density at radius 3 is 2.65 bits per heavy atom. The third-order valence-electron chi connectivity index (χ3n) is 4.59. The van der Waals surface area contributed by atoms with Gasteiger partial charge in [0.05, 0.1) is 6.61 Å². The monoisotopic (exact) mass is 277 g/mol. The zero-order valence-corrected chi connectivity index (χ0v) is 12.4. The van der Waals surface area contributed by atoms with Crippen LogP contribution in [0.15, 0.2) is 0 Å². The van der Waals surface area contributed by atoms with Crippen LogP contribution in [-0.4, -0.2) is 27.3 Å². The van der Waals surface area contributed by atoms with Gasteiger partial charge < -0.3 is 4.74 Å². The molecule has 1 aromatic rings. The predicted octanol–water partition coefficient (Wildman–Crippen LogP) is 2.46. The van der Waals surface area contributed by atoms with Crippen LogP contribution < -0.4 is 0 Å². The Morgan fingerprint density at radius 2 is 2.05 bits per heavy atom. The summed E-state index contributed by atoms with van der Waals surface area (Å²) in [6.07, 6.45) is 7.88. The molecule has 0 bridgehead atoms. The molecule has 0 aromatic carbocycles. The topological polar surface area (TPSA) is 57.0 Å². The summed E-state index contributed by atoms with van der Waals surface area (Å²) < 4.78 is 7.01. The molecule has 0 atom stereocenters. The van der Waals surface area contributed by atoms with Crippen molar-refractivity contribution in [2.45, 2.75) is 63.2 Å². The number of aryl methyl sites for hydroxylation is 1. The lowest BCUT2D eigenvalue weighted by molar-refractivity contribution is -0.146. The van der Waals surface area contributed by atoms with E-state index in [-0.39, 0.29) is 5.97 Å². The Bertz CT molecular complexity index is 499.